The molecule has 2 rings (SSSR count). The van der Waals surface area contributed by atoms with E-state index in [0.717, 1.165) is 24.3 Å². The Morgan fingerprint density at radius 3 is 1.35 bits per heavy atom. The highest BCUT2D eigenvalue weighted by Crippen LogP contribution is 2.31. The number of aliphatic hydroxyl groups is 2. The van der Waals surface area contributed by atoms with E-state index in [1.165, 1.54) is 36.4 Å². The number of hydrogen-bond donors (Lipinski definition) is 4. The average molecular weight is 359 g/mol. The van der Waals surface area contributed by atoms with Crippen molar-refractivity contribution in [2.45, 2.75) is 11.2 Å². The fourth-order valence-corrected chi connectivity index (χ4v) is 2.42. The van der Waals surface area contributed by atoms with E-state index in [9.17, 15) is 34.5 Å². The first kappa shape index (κ1) is 17.5. The first-order chi connectivity index (χ1) is 12.7. The number of hydrogen-bond acceptors (Lipinski definition) is 7. The van der Waals surface area contributed by atoms with Gasteiger partial charge < -0.3 is 20.4 Å². The van der Waals surface area contributed by atoms with Gasteiger partial charge in [-0.25, -0.2) is 9.59 Å². The van der Waals surface area contributed by atoms with E-state index >= 15 is 0 Å². The van der Waals surface area contributed by atoms with Crippen LogP contribution in [0.4, 0.5) is 0 Å². The van der Waals surface area contributed by atoms with Crippen molar-refractivity contribution in [1.29, 1.82) is 1.43 Å². The van der Waals surface area contributed by atoms with Crippen molar-refractivity contribution in [3.8, 4) is 0 Å². The maximum Gasteiger partial charge on any atom is 0.348 e. The minimum Gasteiger partial charge on any atom is -0.479 e. The number of rotatable bonds is 7. The van der Waals surface area contributed by atoms with Gasteiger partial charge in [0, 0.05) is 11.1 Å². The molecule has 2 atom stereocenters. The second-order valence-electron chi connectivity index (χ2n) is 5.40. The van der Waals surface area contributed by atoms with Gasteiger partial charge in [-0.05, 0) is 0 Å². The molecule has 0 radical (unpaired) electrons. The Kier molecular flexibility index (Phi) is 4.61. The Balaban J connectivity index is 2.74. The van der Waals surface area contributed by atoms with Crippen LogP contribution in [0.3, 0.4) is 0 Å². The molecule has 4 N–H and O–H groups in total. The molecule has 0 bridgehead atoms. The number of ketones is 2. The summed E-state index contributed by atoms with van der Waals surface area (Å²) in [6.07, 6.45) is 0. The Hall–Kier alpha value is -3.36. The molecule has 2 aromatic rings. The quantitative estimate of drug-likeness (QED) is 0.409. The molecule has 0 amide bonds. The second-order valence-corrected chi connectivity index (χ2v) is 5.40. The molecule has 0 aliphatic carbocycles. The Labute approximate surface area is 148 Å². The number of Topliss-reactive ketones (excluding diaryl/α,β-unsaturated/α-hetero) is 2. The lowest BCUT2D eigenvalue weighted by atomic mass is 9.73. The molecule has 26 heavy (non-hydrogen) atoms. The van der Waals surface area contributed by atoms with Crippen molar-refractivity contribution in [2.75, 3.05) is 0 Å². The third-order valence-corrected chi connectivity index (χ3v) is 3.86. The summed E-state index contributed by atoms with van der Waals surface area (Å²) < 4.78 is 6.71. The van der Waals surface area contributed by atoms with Crippen LogP contribution in [0.25, 0.3) is 1.43 Å². The van der Waals surface area contributed by atoms with Gasteiger partial charge in [-0.3, -0.25) is 9.59 Å². The Morgan fingerprint density at radius 2 is 1.04 bits per heavy atom. The van der Waals surface area contributed by atoms with Crippen molar-refractivity contribution in [3.05, 3.63) is 71.8 Å². The molecule has 2 unspecified atom stereocenters. The van der Waals surface area contributed by atoms with E-state index < -0.39 is 34.7 Å². The second kappa shape index (κ2) is 6.87. The lowest BCUT2D eigenvalue weighted by Gasteiger charge is -2.34. The summed E-state index contributed by atoms with van der Waals surface area (Å²) in [7, 11) is 0. The van der Waals surface area contributed by atoms with Crippen molar-refractivity contribution < 1.29 is 39.6 Å². The third kappa shape index (κ3) is 2.77. The monoisotopic (exact) mass is 359 g/mol. The summed E-state index contributed by atoms with van der Waals surface area (Å²) in [4.78, 5) is 49.3. The molecular weight excluding hydrogens is 344 g/mol. The zero-order chi connectivity index (χ0) is 20.2. The fourth-order valence-electron chi connectivity index (χ4n) is 2.42. The van der Waals surface area contributed by atoms with Crippen LogP contribution in [0.15, 0.2) is 60.7 Å². The van der Waals surface area contributed by atoms with Gasteiger partial charge in [0.25, 0.3) is 12.6 Å². The summed E-state index contributed by atoms with van der Waals surface area (Å²) >= 11 is 0. The van der Waals surface area contributed by atoms with Gasteiger partial charge in [-0.2, -0.15) is 0 Å². The van der Waals surface area contributed by atoms with Crippen molar-refractivity contribution >= 4 is 23.5 Å². The number of carbonyl (C=O) groups excluding carboxylic acids is 2. The standard InChI is InChI=1S/C18H14O8/c19-13(11-7-3-1-4-8-11)17(25,15(21)22)18(26,16(23)24)14(20)12-9-5-2-6-10-12/h1-10,25-26H,(H,21,22)(H,23,24)/i/hD. The molecule has 0 aliphatic heterocycles. The van der Waals surface area contributed by atoms with Crippen LogP contribution < -0.4 is 0 Å². The molecule has 2 aromatic carbocycles. The molecule has 0 saturated carbocycles. The lowest BCUT2D eigenvalue weighted by Crippen LogP contribution is -2.71. The van der Waals surface area contributed by atoms with Crippen LogP contribution in [0.5, 0.6) is 0 Å². The van der Waals surface area contributed by atoms with Crippen molar-refractivity contribution in [2.24, 2.45) is 0 Å². The molecular formula is C18H14O8. The maximum atomic E-state index is 12.7. The summed E-state index contributed by atoms with van der Waals surface area (Å²) in [5, 5.41) is 34.5. The van der Waals surface area contributed by atoms with E-state index in [1.807, 2.05) is 0 Å². The number of carbonyl (C=O) groups is 4. The molecule has 0 aromatic heterocycles. The van der Waals surface area contributed by atoms with Crippen molar-refractivity contribution in [3.63, 3.8) is 0 Å². The van der Waals surface area contributed by atoms with Gasteiger partial charge >= 0.3 is 11.9 Å². The first-order valence-corrected chi connectivity index (χ1v) is 7.26. The minimum atomic E-state index is -3.95. The van der Waals surface area contributed by atoms with Gasteiger partial charge in [0.05, 0.1) is 0 Å². The number of aliphatic carboxylic acids is 2. The van der Waals surface area contributed by atoms with E-state index in [2.05, 4.69) is 5.11 Å². The van der Waals surface area contributed by atoms with Gasteiger partial charge in [0.1, 0.15) is 0 Å². The van der Waals surface area contributed by atoms with Crippen LogP contribution in [0.2, 0.25) is 0 Å². The highest BCUT2D eigenvalue weighted by Gasteiger charge is 2.69. The zero-order valence-electron chi connectivity index (χ0n) is 14.2. The predicted octanol–water partition coefficient (Wildman–Crippen LogP) is 0.384. The zero-order valence-corrected chi connectivity index (χ0v) is 13.2. The van der Waals surface area contributed by atoms with E-state index in [0.29, 0.717) is 0 Å². The number of benzene rings is 2. The molecule has 0 saturated heterocycles. The molecule has 8 heteroatoms. The third-order valence-electron chi connectivity index (χ3n) is 3.86. The Morgan fingerprint density at radius 1 is 0.692 bits per heavy atom. The molecule has 0 aliphatic rings. The summed E-state index contributed by atoms with van der Waals surface area (Å²) in [5.74, 6) is -7.73. The van der Waals surface area contributed by atoms with E-state index in [1.54, 1.807) is 0 Å². The SMILES string of the molecule is [2H]OC(=O)C(O)(C(=O)c1ccccc1)C(O)(C(=O)O)C(=O)c1ccccc1. The highest BCUT2D eigenvalue weighted by atomic mass is 16.5. The minimum absolute atomic E-state index is 0.383. The Bertz CT molecular complexity index is 883. The topological polar surface area (TPSA) is 149 Å². The van der Waals surface area contributed by atoms with E-state index in [-0.39, 0.29) is 11.1 Å². The van der Waals surface area contributed by atoms with Gasteiger partial charge in [0.2, 0.25) is 11.6 Å². The predicted molar refractivity (Wildman–Crippen MR) is 86.7 cm³/mol. The fraction of sp³-hybridized carbons (Fsp3) is 0.111. The smallest absolute Gasteiger partial charge is 0.348 e. The molecule has 134 valence electrons. The van der Waals surface area contributed by atoms with Crippen LogP contribution in [0, 0.1) is 0 Å². The van der Waals surface area contributed by atoms with Crippen LogP contribution >= 0.6 is 0 Å². The highest BCUT2D eigenvalue weighted by molar-refractivity contribution is 6.28. The van der Waals surface area contributed by atoms with Gasteiger partial charge in [-0.15, -0.1) is 0 Å². The normalized spacial score (nSPS) is 15.7. The summed E-state index contributed by atoms with van der Waals surface area (Å²) in [5.41, 5.74) is -8.63. The van der Waals surface area contributed by atoms with Crippen LogP contribution in [-0.2, 0) is 9.59 Å². The summed E-state index contributed by atoms with van der Waals surface area (Å²) in [6, 6.07) is 12.9. The first-order valence-electron chi connectivity index (χ1n) is 7.67. The van der Waals surface area contributed by atoms with Gasteiger partial charge in [-0.1, -0.05) is 60.7 Å². The molecule has 0 heterocycles. The van der Waals surface area contributed by atoms with Crippen LogP contribution in [0.1, 0.15) is 20.7 Å². The van der Waals surface area contributed by atoms with Crippen molar-refractivity contribution in [1.82, 2.24) is 0 Å². The van der Waals surface area contributed by atoms with Gasteiger partial charge in [0.15, 0.2) is 0 Å². The average Bonchev–Trinajstić information content (AvgIpc) is 2.71. The lowest BCUT2D eigenvalue weighted by molar-refractivity contribution is -0.187. The largest absolute Gasteiger partial charge is 0.479 e. The maximum absolute atomic E-state index is 12.7. The molecule has 0 spiro atoms. The molecule has 0 fully saturated rings. The number of carboxylic acid groups (broad SMARTS) is 2. The number of carboxylic acids is 2. The van der Waals surface area contributed by atoms with E-state index in [4.69, 9.17) is 1.43 Å². The summed E-state index contributed by atoms with van der Waals surface area (Å²) in [6.45, 7) is 0. The molecule has 8 nitrogen and oxygen atoms in total. The van der Waals surface area contributed by atoms with Crippen LogP contribution in [-0.4, -0.2) is 55.1 Å².